The maximum absolute atomic E-state index is 12.6. The van der Waals surface area contributed by atoms with Gasteiger partial charge in [-0.1, -0.05) is 12.1 Å². The number of amides is 1. The molecule has 0 spiro atoms. The number of aryl methyl sites for hydroxylation is 2. The normalized spacial score (nSPS) is 12.7. The summed E-state index contributed by atoms with van der Waals surface area (Å²) in [7, 11) is 2.99. The number of carbonyl (C=O) groups excluding carboxylic acids is 1. The molecule has 3 rings (SSSR count). The first-order valence-corrected chi connectivity index (χ1v) is 8.89. The molecule has 0 aliphatic carbocycles. The number of nitrogens with zero attached hydrogens (tertiary/aromatic N) is 4. The number of fused-ring (bicyclic) bond motifs is 1. The van der Waals surface area contributed by atoms with Crippen LogP contribution in [-0.4, -0.2) is 42.6 Å². The molecule has 31 heavy (non-hydrogen) atoms. The van der Waals surface area contributed by atoms with E-state index in [-0.39, 0.29) is 23.3 Å². The zero-order valence-corrected chi connectivity index (χ0v) is 16.4. The number of aliphatic hydroxyl groups excluding tert-OH is 1. The van der Waals surface area contributed by atoms with E-state index in [9.17, 15) is 32.7 Å². The monoisotopic (exact) mass is 441 g/mol. The van der Waals surface area contributed by atoms with Crippen molar-refractivity contribution in [2.45, 2.75) is 19.0 Å². The van der Waals surface area contributed by atoms with Crippen molar-refractivity contribution >= 4 is 17.1 Å². The summed E-state index contributed by atoms with van der Waals surface area (Å²) < 4.78 is 43.6. The Balaban J connectivity index is 1.67. The predicted molar refractivity (Wildman–Crippen MR) is 101 cm³/mol. The Morgan fingerprint density at radius 3 is 2.48 bits per heavy atom. The highest BCUT2D eigenvalue weighted by Crippen LogP contribution is 2.24. The smallest absolute Gasteiger partial charge is 0.406 e. The van der Waals surface area contributed by atoms with Crippen molar-refractivity contribution in [2.75, 3.05) is 6.54 Å². The molecule has 166 valence electrons. The minimum atomic E-state index is -4.83. The third kappa shape index (κ3) is 4.77. The molecule has 2 aromatic heterocycles. The number of hydrogen-bond acceptors (Lipinski definition) is 6. The Bertz CT molecular complexity index is 1230. The summed E-state index contributed by atoms with van der Waals surface area (Å²) in [5.41, 5.74) is -0.848. The minimum Gasteiger partial charge on any atom is -0.406 e. The van der Waals surface area contributed by atoms with Crippen molar-refractivity contribution in [1.29, 1.82) is 0 Å². The summed E-state index contributed by atoms with van der Waals surface area (Å²) in [5, 5.41) is 12.5. The summed E-state index contributed by atoms with van der Waals surface area (Å²) in [6.07, 6.45) is -4.69. The second-order valence-electron chi connectivity index (χ2n) is 6.70. The number of aromatic nitrogens is 4. The van der Waals surface area contributed by atoms with Crippen LogP contribution in [0.3, 0.4) is 0 Å². The van der Waals surface area contributed by atoms with Gasteiger partial charge in [-0.2, -0.15) is 0 Å². The van der Waals surface area contributed by atoms with Crippen LogP contribution in [0.2, 0.25) is 0 Å². The highest BCUT2D eigenvalue weighted by atomic mass is 19.4. The average molecular weight is 441 g/mol. The summed E-state index contributed by atoms with van der Waals surface area (Å²) in [6, 6.07) is 4.49. The van der Waals surface area contributed by atoms with Gasteiger partial charge in [-0.25, -0.2) is 14.3 Å². The fourth-order valence-electron chi connectivity index (χ4n) is 2.96. The summed E-state index contributed by atoms with van der Waals surface area (Å²) in [5.74, 6) is -1.16. The van der Waals surface area contributed by atoms with Crippen molar-refractivity contribution in [1.82, 2.24) is 24.0 Å². The zero-order chi connectivity index (χ0) is 22.9. The molecular formula is C18H18F3N5O5. The number of ether oxygens (including phenoxy) is 1. The molecule has 0 aliphatic heterocycles. The van der Waals surface area contributed by atoms with Gasteiger partial charge in [0, 0.05) is 20.6 Å². The fourth-order valence-corrected chi connectivity index (χ4v) is 2.96. The maximum atomic E-state index is 12.6. The lowest BCUT2D eigenvalue weighted by molar-refractivity contribution is -0.274. The molecule has 0 fully saturated rings. The van der Waals surface area contributed by atoms with E-state index in [0.717, 1.165) is 21.3 Å². The first-order valence-electron chi connectivity index (χ1n) is 8.89. The summed E-state index contributed by atoms with van der Waals surface area (Å²) in [6.45, 7) is -0.876. The second-order valence-corrected chi connectivity index (χ2v) is 6.70. The van der Waals surface area contributed by atoms with Gasteiger partial charge in [-0.3, -0.25) is 14.2 Å². The number of aliphatic hydroxyl groups is 1. The Hall–Kier alpha value is -3.61. The molecule has 0 saturated carbocycles. The molecule has 3 aromatic rings. The van der Waals surface area contributed by atoms with Crippen LogP contribution < -0.4 is 21.3 Å². The quantitative estimate of drug-likeness (QED) is 0.563. The van der Waals surface area contributed by atoms with E-state index in [4.69, 9.17) is 0 Å². The molecule has 0 aliphatic rings. The summed E-state index contributed by atoms with van der Waals surface area (Å²) in [4.78, 5) is 41.2. The van der Waals surface area contributed by atoms with Crippen molar-refractivity contribution in [3.05, 3.63) is 57.0 Å². The lowest BCUT2D eigenvalue weighted by Gasteiger charge is -2.14. The van der Waals surface area contributed by atoms with Crippen LogP contribution in [0, 0.1) is 0 Å². The van der Waals surface area contributed by atoms with Gasteiger partial charge in [-0.05, 0) is 17.7 Å². The molecule has 1 atom stereocenters. The van der Waals surface area contributed by atoms with Gasteiger partial charge < -0.3 is 19.7 Å². The van der Waals surface area contributed by atoms with E-state index in [2.05, 4.69) is 15.0 Å². The number of rotatable bonds is 6. The molecule has 10 nitrogen and oxygen atoms in total. The first-order chi connectivity index (χ1) is 14.5. The molecular weight excluding hydrogens is 423 g/mol. The standard InChI is InChI=1S/C18H18F3N5O5/c1-24-9-23-15-14(24)16(29)26(17(30)25(15)2)8-13(28)22-7-12(27)10-3-5-11(6-4-10)31-18(19,20)21/h3-6,9,12,27H,7-8H2,1-2H3,(H,22,28). The van der Waals surface area contributed by atoms with E-state index < -0.39 is 41.9 Å². The molecule has 1 unspecified atom stereocenters. The van der Waals surface area contributed by atoms with Crippen LogP contribution >= 0.6 is 0 Å². The molecule has 0 bridgehead atoms. The van der Waals surface area contributed by atoms with Crippen LogP contribution in [-0.2, 0) is 25.4 Å². The number of halogens is 3. The number of benzene rings is 1. The Kier molecular flexibility index (Phi) is 5.88. The van der Waals surface area contributed by atoms with Crippen molar-refractivity contribution in [3.63, 3.8) is 0 Å². The topological polar surface area (TPSA) is 120 Å². The second kappa shape index (κ2) is 8.26. The average Bonchev–Trinajstić information content (AvgIpc) is 3.09. The zero-order valence-electron chi connectivity index (χ0n) is 16.4. The van der Waals surface area contributed by atoms with Crippen LogP contribution in [0.1, 0.15) is 11.7 Å². The molecule has 1 amide bonds. The highest BCUT2D eigenvalue weighted by molar-refractivity contribution is 5.76. The van der Waals surface area contributed by atoms with E-state index in [1.165, 1.54) is 30.1 Å². The van der Waals surface area contributed by atoms with Gasteiger partial charge >= 0.3 is 12.1 Å². The van der Waals surface area contributed by atoms with E-state index >= 15 is 0 Å². The number of imidazole rings is 1. The number of nitrogens with one attached hydrogen (secondary N) is 1. The molecule has 2 N–H and O–H groups in total. The lowest BCUT2D eigenvalue weighted by Crippen LogP contribution is -2.44. The minimum absolute atomic E-state index is 0.149. The van der Waals surface area contributed by atoms with Gasteiger partial charge in [-0.15, -0.1) is 13.2 Å². The van der Waals surface area contributed by atoms with Gasteiger partial charge in [0.25, 0.3) is 5.56 Å². The number of hydrogen-bond donors (Lipinski definition) is 2. The van der Waals surface area contributed by atoms with Gasteiger partial charge in [0.15, 0.2) is 11.2 Å². The molecule has 0 saturated heterocycles. The highest BCUT2D eigenvalue weighted by Gasteiger charge is 2.31. The van der Waals surface area contributed by atoms with E-state index in [0.29, 0.717) is 0 Å². The van der Waals surface area contributed by atoms with Crippen LogP contribution in [0.5, 0.6) is 5.75 Å². The largest absolute Gasteiger partial charge is 0.573 e. The maximum Gasteiger partial charge on any atom is 0.573 e. The van der Waals surface area contributed by atoms with Crippen LogP contribution in [0.15, 0.2) is 40.2 Å². The molecule has 0 radical (unpaired) electrons. The first kappa shape index (κ1) is 22.1. The third-order valence-electron chi connectivity index (χ3n) is 4.49. The van der Waals surface area contributed by atoms with Crippen LogP contribution in [0.4, 0.5) is 13.2 Å². The predicted octanol–water partition coefficient (Wildman–Crippen LogP) is 0.182. The Morgan fingerprint density at radius 2 is 1.87 bits per heavy atom. The Labute approximate surface area is 172 Å². The molecule has 1 aromatic carbocycles. The van der Waals surface area contributed by atoms with Crippen molar-refractivity contribution in [2.24, 2.45) is 14.1 Å². The van der Waals surface area contributed by atoms with Crippen LogP contribution in [0.25, 0.3) is 11.2 Å². The number of alkyl halides is 3. The van der Waals surface area contributed by atoms with Crippen molar-refractivity contribution in [3.8, 4) is 5.75 Å². The van der Waals surface area contributed by atoms with Gasteiger partial charge in [0.05, 0.1) is 12.4 Å². The van der Waals surface area contributed by atoms with E-state index in [1.807, 2.05) is 0 Å². The third-order valence-corrected chi connectivity index (χ3v) is 4.49. The fraction of sp³-hybridized carbons (Fsp3) is 0.333. The van der Waals surface area contributed by atoms with Gasteiger partial charge in [0.1, 0.15) is 12.3 Å². The number of carbonyl (C=O) groups is 1. The van der Waals surface area contributed by atoms with E-state index in [1.54, 1.807) is 7.05 Å². The van der Waals surface area contributed by atoms with Crippen molar-refractivity contribution < 1.29 is 27.8 Å². The Morgan fingerprint density at radius 1 is 1.23 bits per heavy atom. The lowest BCUT2D eigenvalue weighted by atomic mass is 10.1. The molecule has 13 heteroatoms. The molecule has 2 heterocycles. The van der Waals surface area contributed by atoms with Gasteiger partial charge in [0.2, 0.25) is 5.91 Å². The SMILES string of the molecule is Cn1cnc2c1c(=O)n(CC(=O)NCC(O)c1ccc(OC(F)(F)F)cc1)c(=O)n2C. The summed E-state index contributed by atoms with van der Waals surface area (Å²) >= 11 is 0.